The number of hydrogen-bond donors (Lipinski definition) is 0. The van der Waals surface area contributed by atoms with Gasteiger partial charge in [0.1, 0.15) is 11.3 Å². The van der Waals surface area contributed by atoms with Gasteiger partial charge < -0.3 is 13.9 Å². The van der Waals surface area contributed by atoms with E-state index in [-0.39, 0.29) is 12.2 Å². The van der Waals surface area contributed by atoms with Gasteiger partial charge in [-0.05, 0) is 50.3 Å². The summed E-state index contributed by atoms with van der Waals surface area (Å²) < 4.78 is 15.6. The van der Waals surface area contributed by atoms with Crippen molar-refractivity contribution in [1.82, 2.24) is 0 Å². The summed E-state index contributed by atoms with van der Waals surface area (Å²) in [4.78, 5) is 23.6. The van der Waals surface area contributed by atoms with Crippen LogP contribution in [0.1, 0.15) is 38.3 Å². The number of aryl methyl sites for hydroxylation is 1. The van der Waals surface area contributed by atoms with E-state index in [0.29, 0.717) is 30.3 Å². The third-order valence-corrected chi connectivity index (χ3v) is 3.89. The van der Waals surface area contributed by atoms with Crippen LogP contribution in [-0.2, 0) is 16.0 Å². The molecule has 130 valence electrons. The molecule has 24 heavy (non-hydrogen) atoms. The van der Waals surface area contributed by atoms with E-state index in [4.69, 9.17) is 13.9 Å². The number of rotatable bonds is 7. The van der Waals surface area contributed by atoms with Crippen LogP contribution in [0.25, 0.3) is 11.0 Å². The van der Waals surface area contributed by atoms with Gasteiger partial charge in [-0.3, -0.25) is 0 Å². The Hall–Kier alpha value is -2.30. The van der Waals surface area contributed by atoms with Gasteiger partial charge in [-0.2, -0.15) is 0 Å². The maximum Gasteiger partial charge on any atom is 0.344 e. The molecule has 0 fully saturated rings. The minimum atomic E-state index is -0.431. The van der Waals surface area contributed by atoms with Crippen molar-refractivity contribution >= 4 is 16.9 Å². The van der Waals surface area contributed by atoms with Crippen molar-refractivity contribution in [3.05, 3.63) is 39.7 Å². The highest BCUT2D eigenvalue weighted by atomic mass is 16.6. The summed E-state index contributed by atoms with van der Waals surface area (Å²) in [7, 11) is 0. The molecule has 0 N–H and O–H groups in total. The summed E-state index contributed by atoms with van der Waals surface area (Å²) in [6, 6.07) is 5.25. The molecule has 5 heteroatoms. The molecular formula is C19H24O5. The molecule has 1 heterocycles. The number of carbonyl (C=O) groups excluding carboxylic acids is 1. The lowest BCUT2D eigenvalue weighted by Gasteiger charge is -2.10. The third kappa shape index (κ3) is 4.37. The normalized spacial score (nSPS) is 11.0. The van der Waals surface area contributed by atoms with E-state index in [2.05, 4.69) is 13.8 Å². The predicted molar refractivity (Wildman–Crippen MR) is 92.5 cm³/mol. The molecule has 0 amide bonds. The van der Waals surface area contributed by atoms with Gasteiger partial charge in [0.25, 0.3) is 0 Å². The second-order valence-corrected chi connectivity index (χ2v) is 6.18. The van der Waals surface area contributed by atoms with Crippen molar-refractivity contribution in [2.75, 3.05) is 13.2 Å². The van der Waals surface area contributed by atoms with E-state index in [0.717, 1.165) is 22.9 Å². The van der Waals surface area contributed by atoms with Crippen LogP contribution in [0, 0.1) is 12.8 Å². The predicted octanol–water partition coefficient (Wildman–Crippen LogP) is 3.63. The zero-order valence-corrected chi connectivity index (χ0v) is 14.7. The van der Waals surface area contributed by atoms with Gasteiger partial charge in [-0.25, -0.2) is 9.59 Å². The Kier molecular flexibility index (Phi) is 6.01. The number of hydrogen-bond acceptors (Lipinski definition) is 5. The molecule has 2 aromatic rings. The minimum Gasteiger partial charge on any atom is -0.482 e. The summed E-state index contributed by atoms with van der Waals surface area (Å²) in [5.74, 6) is 0.561. The van der Waals surface area contributed by atoms with Crippen LogP contribution < -0.4 is 10.4 Å². The van der Waals surface area contributed by atoms with E-state index in [9.17, 15) is 9.59 Å². The Morgan fingerprint density at radius 1 is 1.29 bits per heavy atom. The zero-order chi connectivity index (χ0) is 17.7. The zero-order valence-electron chi connectivity index (χ0n) is 14.7. The Labute approximate surface area is 141 Å². The van der Waals surface area contributed by atoms with Gasteiger partial charge >= 0.3 is 11.6 Å². The summed E-state index contributed by atoms with van der Waals surface area (Å²) in [5, 5.41) is 0.886. The van der Waals surface area contributed by atoms with Gasteiger partial charge in [0, 0.05) is 17.0 Å². The molecule has 1 aromatic heterocycles. The highest BCUT2D eigenvalue weighted by Gasteiger charge is 2.13. The van der Waals surface area contributed by atoms with E-state index in [1.807, 2.05) is 13.0 Å². The number of ether oxygens (including phenoxy) is 2. The maximum atomic E-state index is 12.2. The molecule has 0 saturated heterocycles. The van der Waals surface area contributed by atoms with Gasteiger partial charge in [-0.1, -0.05) is 13.8 Å². The molecule has 5 nitrogen and oxygen atoms in total. The van der Waals surface area contributed by atoms with Gasteiger partial charge in [0.2, 0.25) is 0 Å². The van der Waals surface area contributed by atoms with Crippen molar-refractivity contribution < 1.29 is 18.7 Å². The van der Waals surface area contributed by atoms with E-state index in [1.165, 1.54) is 0 Å². The molecule has 0 aliphatic rings. The lowest BCUT2D eigenvalue weighted by atomic mass is 9.98. The number of benzene rings is 1. The molecule has 0 spiro atoms. The van der Waals surface area contributed by atoms with E-state index in [1.54, 1.807) is 19.1 Å². The first kappa shape index (κ1) is 18.0. The van der Waals surface area contributed by atoms with Crippen molar-refractivity contribution in [3.8, 4) is 5.75 Å². The van der Waals surface area contributed by atoms with Crippen LogP contribution in [0.5, 0.6) is 5.75 Å². The SMILES string of the molecule is CCOC(=O)COc1ccc2c(C)c(CCC(C)C)c(=O)oc2c1. The maximum absolute atomic E-state index is 12.2. The fourth-order valence-electron chi connectivity index (χ4n) is 2.53. The molecule has 2 rings (SSSR count). The number of carbonyl (C=O) groups is 1. The van der Waals surface area contributed by atoms with Crippen LogP contribution in [0.3, 0.4) is 0 Å². The van der Waals surface area contributed by atoms with Crippen molar-refractivity contribution in [1.29, 1.82) is 0 Å². The largest absolute Gasteiger partial charge is 0.482 e. The van der Waals surface area contributed by atoms with Gasteiger partial charge in [0.15, 0.2) is 6.61 Å². The van der Waals surface area contributed by atoms with E-state index < -0.39 is 5.97 Å². The second kappa shape index (κ2) is 7.99. The Bertz CT molecular complexity index is 773. The fourth-order valence-corrected chi connectivity index (χ4v) is 2.53. The molecular weight excluding hydrogens is 308 g/mol. The lowest BCUT2D eigenvalue weighted by molar-refractivity contribution is -0.145. The highest BCUT2D eigenvalue weighted by molar-refractivity contribution is 5.82. The van der Waals surface area contributed by atoms with Crippen molar-refractivity contribution in [3.63, 3.8) is 0 Å². The van der Waals surface area contributed by atoms with E-state index >= 15 is 0 Å². The van der Waals surface area contributed by atoms with Crippen LogP contribution in [0.4, 0.5) is 0 Å². The summed E-state index contributed by atoms with van der Waals surface area (Å²) >= 11 is 0. The van der Waals surface area contributed by atoms with Crippen LogP contribution in [-0.4, -0.2) is 19.2 Å². The van der Waals surface area contributed by atoms with Crippen LogP contribution >= 0.6 is 0 Å². The second-order valence-electron chi connectivity index (χ2n) is 6.18. The summed E-state index contributed by atoms with van der Waals surface area (Å²) in [6.07, 6.45) is 1.65. The summed E-state index contributed by atoms with van der Waals surface area (Å²) in [6.45, 7) is 8.08. The monoisotopic (exact) mass is 332 g/mol. The molecule has 0 saturated carbocycles. The Morgan fingerprint density at radius 2 is 2.04 bits per heavy atom. The highest BCUT2D eigenvalue weighted by Crippen LogP contribution is 2.25. The Balaban J connectivity index is 2.26. The van der Waals surface area contributed by atoms with Crippen molar-refractivity contribution in [2.45, 2.75) is 40.5 Å². The van der Waals surface area contributed by atoms with Gasteiger partial charge in [-0.15, -0.1) is 0 Å². The molecule has 0 aliphatic heterocycles. The molecule has 0 radical (unpaired) electrons. The van der Waals surface area contributed by atoms with Crippen LogP contribution in [0.15, 0.2) is 27.4 Å². The third-order valence-electron chi connectivity index (χ3n) is 3.89. The number of esters is 1. The molecule has 0 bridgehead atoms. The first-order valence-corrected chi connectivity index (χ1v) is 8.27. The first-order valence-electron chi connectivity index (χ1n) is 8.27. The minimum absolute atomic E-state index is 0.172. The molecule has 1 aromatic carbocycles. The molecule has 0 unspecified atom stereocenters. The standard InChI is InChI=1S/C19H24O5/c1-5-22-18(20)11-23-14-7-9-15-13(4)16(8-6-12(2)3)19(21)24-17(15)10-14/h7,9-10,12H,5-6,8,11H2,1-4H3. The average Bonchev–Trinajstić information content (AvgIpc) is 2.52. The van der Waals surface area contributed by atoms with Gasteiger partial charge in [0.05, 0.1) is 6.61 Å². The van der Waals surface area contributed by atoms with Crippen molar-refractivity contribution in [2.24, 2.45) is 5.92 Å². The lowest BCUT2D eigenvalue weighted by Crippen LogP contribution is -2.14. The molecule has 0 atom stereocenters. The smallest absolute Gasteiger partial charge is 0.344 e. The topological polar surface area (TPSA) is 65.7 Å². The first-order chi connectivity index (χ1) is 11.4. The fraction of sp³-hybridized carbons (Fsp3) is 0.474. The number of fused-ring (bicyclic) bond motifs is 1. The molecule has 0 aliphatic carbocycles. The summed E-state index contributed by atoms with van der Waals surface area (Å²) in [5.41, 5.74) is 1.84. The Morgan fingerprint density at radius 3 is 2.71 bits per heavy atom. The average molecular weight is 332 g/mol. The quantitative estimate of drug-likeness (QED) is 0.572. The van der Waals surface area contributed by atoms with Crippen LogP contribution in [0.2, 0.25) is 0 Å².